The number of methoxy groups -OCH3 is 2. The maximum Gasteiger partial charge on any atom is 0.118 e. The van der Waals surface area contributed by atoms with E-state index in [0.29, 0.717) is 24.5 Å². The van der Waals surface area contributed by atoms with Crippen molar-refractivity contribution in [1.82, 2.24) is 4.98 Å². The molecule has 0 aliphatic rings. The van der Waals surface area contributed by atoms with Crippen LogP contribution in [0.2, 0.25) is 0 Å². The van der Waals surface area contributed by atoms with Crippen LogP contribution in [0.4, 0.5) is 5.69 Å². The van der Waals surface area contributed by atoms with Gasteiger partial charge in [-0.15, -0.1) is 0 Å². The Morgan fingerprint density at radius 2 is 1.09 bits per heavy atom. The van der Waals surface area contributed by atoms with Crippen molar-refractivity contribution in [3.05, 3.63) is 83.2 Å². The maximum atomic E-state index is 9.80. The number of pyridine rings is 1. The molecule has 1 heterocycles. The molecule has 0 saturated carbocycles. The number of nitriles is 2. The molecule has 2 aromatic carbocycles. The highest BCUT2D eigenvalue weighted by atomic mass is 16.5. The second-order valence-electron chi connectivity index (χ2n) is 9.62. The monoisotopic (exact) mass is 468 g/mol. The molecular weight excluding hydrogens is 436 g/mol. The first-order valence-corrected chi connectivity index (χ1v) is 11.5. The molecule has 0 amide bonds. The van der Waals surface area contributed by atoms with E-state index in [2.05, 4.69) is 17.0 Å². The Bertz CT molecular complexity index is 1140. The van der Waals surface area contributed by atoms with Crippen molar-refractivity contribution in [2.75, 3.05) is 19.1 Å². The molecule has 0 saturated heterocycles. The number of anilines is 1. The van der Waals surface area contributed by atoms with Gasteiger partial charge in [0.1, 0.15) is 11.5 Å². The molecule has 6 nitrogen and oxygen atoms in total. The van der Waals surface area contributed by atoms with Crippen molar-refractivity contribution in [2.45, 2.75) is 51.6 Å². The average Bonchev–Trinajstić information content (AvgIpc) is 2.88. The fraction of sp³-hybridized carbons (Fsp3) is 0.345. The molecule has 0 aliphatic carbocycles. The fourth-order valence-electron chi connectivity index (χ4n) is 3.59. The van der Waals surface area contributed by atoms with E-state index in [4.69, 9.17) is 14.5 Å². The molecule has 180 valence electrons. The minimum Gasteiger partial charge on any atom is -0.497 e. The highest BCUT2D eigenvalue weighted by molar-refractivity contribution is 5.53. The van der Waals surface area contributed by atoms with Crippen LogP contribution in [0.3, 0.4) is 0 Å². The second kappa shape index (κ2) is 10.5. The van der Waals surface area contributed by atoms with Gasteiger partial charge >= 0.3 is 0 Å². The molecule has 0 atom stereocenters. The van der Waals surface area contributed by atoms with Crippen LogP contribution in [0.25, 0.3) is 0 Å². The zero-order valence-electron chi connectivity index (χ0n) is 21.3. The standard InChI is InChI=1S/C29H32N4O2/c1-28(2,19-30)26-15-23(16-27(32-26)29(3,4)20-31)33(17-21-7-11-24(34-5)12-8-21)18-22-9-13-25(35-6)14-10-22/h7-16H,17-18H2,1-6H3. The van der Waals surface area contributed by atoms with Crippen molar-refractivity contribution >= 4 is 5.69 Å². The van der Waals surface area contributed by atoms with Crippen molar-refractivity contribution < 1.29 is 9.47 Å². The molecule has 0 fully saturated rings. The number of hydrogen-bond donors (Lipinski definition) is 0. The Labute approximate surface area is 208 Å². The largest absolute Gasteiger partial charge is 0.497 e. The summed E-state index contributed by atoms with van der Waals surface area (Å²) in [5, 5.41) is 19.6. The molecule has 0 bridgehead atoms. The maximum absolute atomic E-state index is 9.80. The minimum atomic E-state index is -0.803. The lowest BCUT2D eigenvalue weighted by Crippen LogP contribution is -2.26. The lowest BCUT2D eigenvalue weighted by atomic mass is 9.86. The zero-order chi connectivity index (χ0) is 25.6. The molecule has 0 spiro atoms. The van der Waals surface area contributed by atoms with Gasteiger partial charge in [0.2, 0.25) is 0 Å². The lowest BCUT2D eigenvalue weighted by Gasteiger charge is -2.29. The van der Waals surface area contributed by atoms with Crippen LogP contribution in [-0.2, 0) is 23.9 Å². The molecular formula is C29H32N4O2. The van der Waals surface area contributed by atoms with E-state index in [9.17, 15) is 10.5 Å². The molecule has 3 rings (SSSR count). The van der Waals surface area contributed by atoms with Crippen LogP contribution in [0, 0.1) is 22.7 Å². The van der Waals surface area contributed by atoms with Crippen molar-refractivity contribution in [2.24, 2.45) is 0 Å². The Kier molecular flexibility index (Phi) is 7.67. The van der Waals surface area contributed by atoms with Crippen LogP contribution in [0.1, 0.15) is 50.2 Å². The Morgan fingerprint density at radius 1 is 0.714 bits per heavy atom. The lowest BCUT2D eigenvalue weighted by molar-refractivity contribution is 0.414. The van der Waals surface area contributed by atoms with Gasteiger partial charge in [-0.05, 0) is 75.2 Å². The van der Waals surface area contributed by atoms with Crippen LogP contribution in [0.15, 0.2) is 60.7 Å². The predicted molar refractivity (Wildman–Crippen MR) is 137 cm³/mol. The summed E-state index contributed by atoms with van der Waals surface area (Å²) in [6, 6.07) is 24.6. The number of benzene rings is 2. The summed E-state index contributed by atoms with van der Waals surface area (Å²) in [5.41, 5.74) is 2.81. The van der Waals surface area contributed by atoms with Gasteiger partial charge in [0.25, 0.3) is 0 Å². The van der Waals surface area contributed by atoms with E-state index in [0.717, 1.165) is 28.3 Å². The van der Waals surface area contributed by atoms with Gasteiger partial charge in [-0.3, -0.25) is 4.98 Å². The third kappa shape index (κ3) is 6.11. The summed E-state index contributed by atoms with van der Waals surface area (Å²) in [5.74, 6) is 1.60. The first kappa shape index (κ1) is 25.6. The van der Waals surface area contributed by atoms with E-state index >= 15 is 0 Å². The third-order valence-corrected chi connectivity index (χ3v) is 6.08. The number of aromatic nitrogens is 1. The molecule has 0 unspecified atom stereocenters. The van der Waals surface area contributed by atoms with Crippen molar-refractivity contribution in [3.8, 4) is 23.6 Å². The van der Waals surface area contributed by atoms with Crippen molar-refractivity contribution in [1.29, 1.82) is 10.5 Å². The van der Waals surface area contributed by atoms with Gasteiger partial charge in [0.05, 0.1) is 48.6 Å². The van der Waals surface area contributed by atoms with Gasteiger partial charge in [-0.25, -0.2) is 0 Å². The molecule has 35 heavy (non-hydrogen) atoms. The Hall–Kier alpha value is -4.03. The molecule has 6 heteroatoms. The molecule has 0 radical (unpaired) electrons. The quantitative estimate of drug-likeness (QED) is 0.388. The normalized spacial score (nSPS) is 11.3. The summed E-state index contributed by atoms with van der Waals surface area (Å²) in [6.07, 6.45) is 0. The van der Waals surface area contributed by atoms with Crippen LogP contribution < -0.4 is 14.4 Å². The highest BCUT2D eigenvalue weighted by Gasteiger charge is 2.29. The summed E-state index contributed by atoms with van der Waals surface area (Å²) in [7, 11) is 3.30. The number of ether oxygens (including phenoxy) is 2. The second-order valence-corrected chi connectivity index (χ2v) is 9.62. The summed E-state index contributed by atoms with van der Waals surface area (Å²) >= 11 is 0. The van der Waals surface area contributed by atoms with Gasteiger partial charge in [0, 0.05) is 18.8 Å². The zero-order valence-corrected chi connectivity index (χ0v) is 21.3. The predicted octanol–water partition coefficient (Wildman–Crippen LogP) is 5.91. The molecule has 0 aliphatic heterocycles. The topological polar surface area (TPSA) is 82.2 Å². The van der Waals surface area contributed by atoms with Crippen LogP contribution >= 0.6 is 0 Å². The van der Waals surface area contributed by atoms with Gasteiger partial charge < -0.3 is 14.4 Å². The summed E-state index contributed by atoms with van der Waals surface area (Å²) in [6.45, 7) is 8.63. The fourth-order valence-corrected chi connectivity index (χ4v) is 3.59. The Balaban J connectivity index is 2.12. The highest BCUT2D eigenvalue weighted by Crippen LogP contribution is 2.32. The van der Waals surface area contributed by atoms with Crippen LogP contribution in [-0.4, -0.2) is 19.2 Å². The van der Waals surface area contributed by atoms with Crippen molar-refractivity contribution in [3.63, 3.8) is 0 Å². The minimum absolute atomic E-state index is 0.624. The SMILES string of the molecule is COc1ccc(CN(Cc2ccc(OC)cc2)c2cc(C(C)(C)C#N)nc(C(C)(C)C#N)c2)cc1. The van der Waals surface area contributed by atoms with Crippen LogP contribution in [0.5, 0.6) is 11.5 Å². The molecule has 0 N–H and O–H groups in total. The number of hydrogen-bond acceptors (Lipinski definition) is 6. The van der Waals surface area contributed by atoms with E-state index < -0.39 is 10.8 Å². The van der Waals surface area contributed by atoms with E-state index in [1.54, 1.807) is 14.2 Å². The smallest absolute Gasteiger partial charge is 0.118 e. The molecule has 3 aromatic rings. The van der Waals surface area contributed by atoms with E-state index in [-0.39, 0.29) is 0 Å². The average molecular weight is 469 g/mol. The van der Waals surface area contributed by atoms with E-state index in [1.807, 2.05) is 88.4 Å². The van der Waals surface area contributed by atoms with Gasteiger partial charge in [-0.2, -0.15) is 10.5 Å². The van der Waals surface area contributed by atoms with Gasteiger partial charge in [-0.1, -0.05) is 24.3 Å². The first-order chi connectivity index (χ1) is 16.6. The molecule has 1 aromatic heterocycles. The Morgan fingerprint density at radius 3 is 1.40 bits per heavy atom. The summed E-state index contributed by atoms with van der Waals surface area (Å²) < 4.78 is 10.6. The third-order valence-electron chi connectivity index (χ3n) is 6.08. The number of rotatable bonds is 9. The first-order valence-electron chi connectivity index (χ1n) is 11.5. The van der Waals surface area contributed by atoms with Gasteiger partial charge in [0.15, 0.2) is 0 Å². The van der Waals surface area contributed by atoms with E-state index in [1.165, 1.54) is 0 Å². The number of nitrogens with zero attached hydrogens (tertiary/aromatic N) is 4. The summed E-state index contributed by atoms with van der Waals surface area (Å²) in [4.78, 5) is 6.99.